The van der Waals surface area contributed by atoms with E-state index in [0.29, 0.717) is 0 Å². The molecule has 1 heterocycles. The molecule has 0 bridgehead atoms. The van der Waals surface area contributed by atoms with Gasteiger partial charge < -0.3 is 0 Å². The molecule has 1 nitrogen and oxygen atoms in total. The fourth-order valence-electron chi connectivity index (χ4n) is 0.529. The number of aldehydes is 1. The second-order valence-corrected chi connectivity index (χ2v) is 3.42. The quantitative estimate of drug-likeness (QED) is 0.644. The highest BCUT2D eigenvalue weighted by Gasteiger charge is 2.02. The van der Waals surface area contributed by atoms with Crippen molar-refractivity contribution in [1.82, 2.24) is 0 Å². The van der Waals surface area contributed by atoms with Crippen molar-refractivity contribution in [1.29, 1.82) is 0 Å². The lowest BCUT2D eigenvalue weighted by atomic mass is 10.3. The molecule has 0 fully saturated rings. The lowest BCUT2D eigenvalue weighted by molar-refractivity contribution is 0.112. The summed E-state index contributed by atoms with van der Waals surface area (Å²) in [5.41, 5.74) is 1.13. The largest absolute Gasteiger partial charge is 0.297 e. The summed E-state index contributed by atoms with van der Waals surface area (Å²) in [6, 6.07) is 0. The van der Waals surface area contributed by atoms with Crippen LogP contribution in [0, 0.1) is 6.92 Å². The Morgan fingerprint density at radius 2 is 2.44 bits per heavy atom. The van der Waals surface area contributed by atoms with Gasteiger partial charge in [-0.1, -0.05) is 0 Å². The molecule has 0 radical (unpaired) electrons. The normalized spacial score (nSPS) is 9.56. The smallest absolute Gasteiger partial charge is 0.161 e. The Kier molecular flexibility index (Phi) is 2.03. The molecule has 0 saturated heterocycles. The zero-order valence-corrected chi connectivity index (χ0v) is 7.25. The van der Waals surface area contributed by atoms with Crippen LogP contribution in [0.3, 0.4) is 0 Å². The van der Waals surface area contributed by atoms with Gasteiger partial charge in [-0.05, 0) is 33.8 Å². The highest BCUT2D eigenvalue weighted by atomic mass is 79.9. The maximum Gasteiger partial charge on any atom is 0.161 e. The minimum absolute atomic E-state index is 0.771. The van der Waals surface area contributed by atoms with E-state index in [0.717, 1.165) is 21.2 Å². The van der Waals surface area contributed by atoms with Crippen LogP contribution in [0.5, 0.6) is 0 Å². The summed E-state index contributed by atoms with van der Waals surface area (Å²) in [4.78, 5) is 11.0. The SMILES string of the molecule is Cc1csc(C=O)c1Br. The van der Waals surface area contributed by atoms with Crippen LogP contribution >= 0.6 is 27.3 Å². The van der Waals surface area contributed by atoms with Gasteiger partial charge in [-0.25, -0.2) is 0 Å². The summed E-state index contributed by atoms with van der Waals surface area (Å²) in [5.74, 6) is 0. The maximum atomic E-state index is 10.2. The first-order chi connectivity index (χ1) is 4.25. The molecule has 0 saturated carbocycles. The molecular weight excluding hydrogens is 200 g/mol. The second kappa shape index (κ2) is 2.62. The molecule has 0 aromatic carbocycles. The molecule has 0 unspecified atom stereocenters. The Bertz CT molecular complexity index is 229. The van der Waals surface area contributed by atoms with Crippen LogP contribution < -0.4 is 0 Å². The Hall–Kier alpha value is -0.150. The number of carbonyl (C=O) groups is 1. The summed E-state index contributed by atoms with van der Waals surface area (Å²) in [6.45, 7) is 1.97. The third kappa shape index (κ3) is 1.22. The van der Waals surface area contributed by atoms with Gasteiger partial charge in [0.15, 0.2) is 6.29 Å². The lowest BCUT2D eigenvalue weighted by Gasteiger charge is -1.83. The van der Waals surface area contributed by atoms with Gasteiger partial charge in [-0.15, -0.1) is 11.3 Å². The Balaban J connectivity index is 3.18. The highest BCUT2D eigenvalue weighted by Crippen LogP contribution is 2.25. The molecule has 0 spiro atoms. The molecular formula is C6H5BrOS. The molecule has 0 aliphatic rings. The van der Waals surface area contributed by atoms with Gasteiger partial charge in [0.25, 0.3) is 0 Å². The Labute approximate surface area is 65.8 Å². The first-order valence-electron chi connectivity index (χ1n) is 2.44. The fraction of sp³-hybridized carbons (Fsp3) is 0.167. The number of halogens is 1. The van der Waals surface area contributed by atoms with Crippen LogP contribution in [-0.4, -0.2) is 6.29 Å². The minimum atomic E-state index is 0.771. The predicted molar refractivity (Wildman–Crippen MR) is 42.1 cm³/mol. The number of carbonyl (C=O) groups excluding carboxylic acids is 1. The lowest BCUT2D eigenvalue weighted by Crippen LogP contribution is -1.71. The van der Waals surface area contributed by atoms with Crippen molar-refractivity contribution in [2.75, 3.05) is 0 Å². The van der Waals surface area contributed by atoms with Crippen LogP contribution in [-0.2, 0) is 0 Å². The van der Waals surface area contributed by atoms with E-state index in [1.807, 2.05) is 12.3 Å². The molecule has 1 rings (SSSR count). The fourth-order valence-corrected chi connectivity index (χ4v) is 1.91. The molecule has 3 heteroatoms. The number of hydrogen-bond acceptors (Lipinski definition) is 2. The first-order valence-corrected chi connectivity index (χ1v) is 4.11. The van der Waals surface area contributed by atoms with Crippen molar-refractivity contribution in [3.05, 3.63) is 20.3 Å². The van der Waals surface area contributed by atoms with E-state index in [1.54, 1.807) is 0 Å². The number of aryl methyl sites for hydroxylation is 1. The second-order valence-electron chi connectivity index (χ2n) is 1.71. The maximum absolute atomic E-state index is 10.2. The van der Waals surface area contributed by atoms with Crippen LogP contribution in [0.15, 0.2) is 9.85 Å². The molecule has 0 atom stereocenters. The van der Waals surface area contributed by atoms with Gasteiger partial charge in [0.2, 0.25) is 0 Å². The van der Waals surface area contributed by atoms with E-state index in [-0.39, 0.29) is 0 Å². The van der Waals surface area contributed by atoms with Gasteiger partial charge >= 0.3 is 0 Å². The molecule has 0 aliphatic heterocycles. The van der Waals surface area contributed by atoms with E-state index in [4.69, 9.17) is 0 Å². The summed E-state index contributed by atoms with van der Waals surface area (Å²) in [7, 11) is 0. The topological polar surface area (TPSA) is 17.1 Å². The van der Waals surface area contributed by atoms with Crippen LogP contribution in [0.1, 0.15) is 15.2 Å². The molecule has 9 heavy (non-hydrogen) atoms. The van der Waals surface area contributed by atoms with E-state index >= 15 is 0 Å². The van der Waals surface area contributed by atoms with E-state index < -0.39 is 0 Å². The summed E-state index contributed by atoms with van der Waals surface area (Å²) < 4.78 is 0.933. The predicted octanol–water partition coefficient (Wildman–Crippen LogP) is 2.63. The van der Waals surface area contributed by atoms with Crippen molar-refractivity contribution >= 4 is 33.6 Å². The average molecular weight is 205 g/mol. The van der Waals surface area contributed by atoms with Crippen molar-refractivity contribution in [3.63, 3.8) is 0 Å². The summed E-state index contributed by atoms with van der Waals surface area (Å²) in [5, 5.41) is 1.95. The monoisotopic (exact) mass is 204 g/mol. The van der Waals surface area contributed by atoms with E-state index in [9.17, 15) is 4.79 Å². The Morgan fingerprint density at radius 3 is 2.67 bits per heavy atom. The molecule has 0 aliphatic carbocycles. The van der Waals surface area contributed by atoms with Gasteiger partial charge in [0.1, 0.15) is 0 Å². The zero-order chi connectivity index (χ0) is 6.85. The van der Waals surface area contributed by atoms with E-state index in [2.05, 4.69) is 15.9 Å². The van der Waals surface area contributed by atoms with Gasteiger partial charge in [0, 0.05) is 4.47 Å². The van der Waals surface area contributed by atoms with Crippen LogP contribution in [0.25, 0.3) is 0 Å². The van der Waals surface area contributed by atoms with Crippen molar-refractivity contribution in [2.45, 2.75) is 6.92 Å². The van der Waals surface area contributed by atoms with Crippen LogP contribution in [0.4, 0.5) is 0 Å². The zero-order valence-electron chi connectivity index (χ0n) is 4.85. The minimum Gasteiger partial charge on any atom is -0.297 e. The average Bonchev–Trinajstić information content (AvgIpc) is 2.15. The Morgan fingerprint density at radius 1 is 1.78 bits per heavy atom. The number of hydrogen-bond donors (Lipinski definition) is 0. The molecule has 1 aromatic heterocycles. The third-order valence-corrected chi connectivity index (χ3v) is 3.37. The molecule has 0 N–H and O–H groups in total. The van der Waals surface area contributed by atoms with Crippen LogP contribution in [0.2, 0.25) is 0 Å². The van der Waals surface area contributed by atoms with Crippen molar-refractivity contribution in [3.8, 4) is 0 Å². The molecule has 48 valence electrons. The first kappa shape index (κ1) is 6.96. The molecule has 1 aromatic rings. The number of thiophene rings is 1. The van der Waals surface area contributed by atoms with Gasteiger partial charge in [-0.3, -0.25) is 4.79 Å². The van der Waals surface area contributed by atoms with Crippen molar-refractivity contribution < 1.29 is 4.79 Å². The standard InChI is InChI=1S/C6H5BrOS/c1-4-3-9-5(2-8)6(4)7/h2-3H,1H3. The third-order valence-electron chi connectivity index (χ3n) is 1.03. The highest BCUT2D eigenvalue weighted by molar-refractivity contribution is 9.10. The van der Waals surface area contributed by atoms with Crippen molar-refractivity contribution in [2.24, 2.45) is 0 Å². The number of rotatable bonds is 1. The summed E-state index contributed by atoms with van der Waals surface area (Å²) >= 11 is 4.75. The molecule has 0 amide bonds. The van der Waals surface area contributed by atoms with E-state index in [1.165, 1.54) is 11.3 Å². The van der Waals surface area contributed by atoms with Gasteiger partial charge in [0.05, 0.1) is 4.88 Å². The summed E-state index contributed by atoms with van der Waals surface area (Å²) in [6.07, 6.45) is 0.863. The van der Waals surface area contributed by atoms with Gasteiger partial charge in [-0.2, -0.15) is 0 Å².